The van der Waals surface area contributed by atoms with Gasteiger partial charge >= 0.3 is 5.97 Å². The largest absolute Gasteiger partial charge is 0.480 e. The van der Waals surface area contributed by atoms with Crippen molar-refractivity contribution in [2.75, 3.05) is 26.4 Å². The molecule has 14 nitrogen and oxygen atoms in total. The molecule has 0 aromatic carbocycles. The SMILES string of the molecule is CC(C)[C@H](NC(=O)[C@@H](N)CO)C(=O)N[C@@H](CO)C(=O)N[C@@H](CO)C(=O)N1CCC[C@H]1C(=O)O. The van der Waals surface area contributed by atoms with Gasteiger partial charge in [0.2, 0.25) is 23.6 Å². The summed E-state index contributed by atoms with van der Waals surface area (Å²) in [5.74, 6) is -5.06. The number of nitrogens with zero attached hydrogens (tertiary/aromatic N) is 1. The first-order chi connectivity index (χ1) is 15.5. The molecule has 0 aromatic heterocycles. The van der Waals surface area contributed by atoms with Crippen LogP contribution in [0.1, 0.15) is 26.7 Å². The Morgan fingerprint density at radius 3 is 1.97 bits per heavy atom. The molecule has 5 atom stereocenters. The van der Waals surface area contributed by atoms with Gasteiger partial charge in [0.25, 0.3) is 0 Å². The molecule has 1 saturated heterocycles. The van der Waals surface area contributed by atoms with Gasteiger partial charge in [-0.15, -0.1) is 0 Å². The monoisotopic (exact) mass is 475 g/mol. The van der Waals surface area contributed by atoms with E-state index in [1.807, 2.05) is 0 Å². The van der Waals surface area contributed by atoms with Crippen molar-refractivity contribution >= 4 is 29.6 Å². The summed E-state index contributed by atoms with van der Waals surface area (Å²) in [6.07, 6.45) is 0.692. The second kappa shape index (κ2) is 13.0. The van der Waals surface area contributed by atoms with Crippen molar-refractivity contribution in [2.45, 2.75) is 56.9 Å². The van der Waals surface area contributed by atoms with Crippen LogP contribution in [0, 0.1) is 5.92 Å². The highest BCUT2D eigenvalue weighted by Crippen LogP contribution is 2.18. The lowest BCUT2D eigenvalue weighted by Gasteiger charge is -2.28. The van der Waals surface area contributed by atoms with Crippen molar-refractivity contribution in [1.29, 1.82) is 0 Å². The Labute approximate surface area is 190 Å². The van der Waals surface area contributed by atoms with Crippen LogP contribution in [0.5, 0.6) is 0 Å². The normalized spacial score (nSPS) is 19.4. The molecule has 1 fully saturated rings. The summed E-state index contributed by atoms with van der Waals surface area (Å²) >= 11 is 0. The van der Waals surface area contributed by atoms with Crippen LogP contribution in [-0.2, 0) is 24.0 Å². The standard InChI is InChI=1S/C19H33N5O9/c1-9(2)14(23-15(28)10(20)6-25)17(30)21-11(7-26)16(29)22-12(8-27)18(31)24-5-3-4-13(24)19(32)33/h9-14,25-27H,3-8,20H2,1-2H3,(H,21,30)(H,22,29)(H,23,28)(H,32,33)/t10-,11-,12-,13-,14-/m0/s1. The Balaban J connectivity index is 2.85. The van der Waals surface area contributed by atoms with Gasteiger partial charge in [-0.05, 0) is 18.8 Å². The molecular formula is C19H33N5O9. The van der Waals surface area contributed by atoms with Crippen LogP contribution in [0.3, 0.4) is 0 Å². The zero-order valence-corrected chi connectivity index (χ0v) is 18.6. The molecule has 0 aliphatic carbocycles. The quantitative estimate of drug-likeness (QED) is 0.135. The third kappa shape index (κ3) is 7.63. The van der Waals surface area contributed by atoms with Crippen LogP contribution in [0.15, 0.2) is 0 Å². The lowest BCUT2D eigenvalue weighted by molar-refractivity contribution is -0.150. The number of hydrogen-bond donors (Lipinski definition) is 8. The van der Waals surface area contributed by atoms with Crippen LogP contribution in [-0.4, -0.2) is 111 Å². The Morgan fingerprint density at radius 2 is 1.48 bits per heavy atom. The summed E-state index contributed by atoms with van der Waals surface area (Å²) in [6, 6.07) is -6.48. The first-order valence-electron chi connectivity index (χ1n) is 10.5. The first-order valence-corrected chi connectivity index (χ1v) is 10.5. The van der Waals surface area contributed by atoms with E-state index in [-0.39, 0.29) is 13.0 Å². The third-order valence-electron chi connectivity index (χ3n) is 5.21. The van der Waals surface area contributed by atoms with Gasteiger partial charge in [0.05, 0.1) is 19.8 Å². The number of nitrogens with two attached hydrogens (primary N) is 1. The van der Waals surface area contributed by atoms with E-state index in [2.05, 4.69) is 16.0 Å². The van der Waals surface area contributed by atoms with E-state index in [4.69, 9.17) is 10.8 Å². The third-order valence-corrected chi connectivity index (χ3v) is 5.21. The second-order valence-electron chi connectivity index (χ2n) is 8.03. The zero-order chi connectivity index (χ0) is 25.3. The van der Waals surface area contributed by atoms with Crippen molar-refractivity contribution in [2.24, 2.45) is 11.7 Å². The van der Waals surface area contributed by atoms with Crippen LogP contribution in [0.25, 0.3) is 0 Å². The van der Waals surface area contributed by atoms with E-state index in [1.54, 1.807) is 13.8 Å². The Bertz CT molecular complexity index is 732. The van der Waals surface area contributed by atoms with Crippen molar-refractivity contribution < 1.29 is 44.4 Å². The molecule has 0 spiro atoms. The minimum absolute atomic E-state index is 0.147. The maximum Gasteiger partial charge on any atom is 0.326 e. The minimum atomic E-state index is -1.53. The molecule has 188 valence electrons. The molecule has 14 heteroatoms. The first kappa shape index (κ1) is 28.2. The molecule has 1 rings (SSSR count). The van der Waals surface area contributed by atoms with Crippen LogP contribution in [0.4, 0.5) is 0 Å². The number of hydrogen-bond acceptors (Lipinski definition) is 9. The Hall–Kier alpha value is -2.81. The van der Waals surface area contributed by atoms with Gasteiger partial charge in [-0.2, -0.15) is 0 Å². The number of carboxylic acids is 1. The lowest BCUT2D eigenvalue weighted by atomic mass is 10.0. The summed E-state index contributed by atoms with van der Waals surface area (Å²) in [6.45, 7) is 1.03. The van der Waals surface area contributed by atoms with Crippen molar-refractivity contribution in [3.63, 3.8) is 0 Å². The number of carboxylic acid groups (broad SMARTS) is 1. The smallest absolute Gasteiger partial charge is 0.326 e. The van der Waals surface area contributed by atoms with Gasteiger partial charge in [-0.1, -0.05) is 13.8 Å². The zero-order valence-electron chi connectivity index (χ0n) is 18.6. The Morgan fingerprint density at radius 1 is 0.909 bits per heavy atom. The van der Waals surface area contributed by atoms with E-state index in [0.29, 0.717) is 6.42 Å². The summed E-state index contributed by atoms with van der Waals surface area (Å²) in [4.78, 5) is 62.1. The van der Waals surface area contributed by atoms with Gasteiger partial charge in [-0.25, -0.2) is 4.79 Å². The van der Waals surface area contributed by atoms with Gasteiger partial charge < -0.3 is 47.0 Å². The fourth-order valence-electron chi connectivity index (χ4n) is 3.28. The number of rotatable bonds is 12. The van der Waals surface area contributed by atoms with Gasteiger partial charge in [0, 0.05) is 6.54 Å². The van der Waals surface area contributed by atoms with Crippen molar-refractivity contribution in [3.8, 4) is 0 Å². The van der Waals surface area contributed by atoms with E-state index < -0.39 is 85.5 Å². The fraction of sp³-hybridized carbons (Fsp3) is 0.737. The van der Waals surface area contributed by atoms with E-state index in [9.17, 15) is 39.3 Å². The average molecular weight is 475 g/mol. The highest BCUT2D eigenvalue weighted by Gasteiger charge is 2.38. The summed E-state index contributed by atoms with van der Waals surface area (Å²) < 4.78 is 0. The van der Waals surface area contributed by atoms with E-state index in [1.165, 1.54) is 0 Å². The second-order valence-corrected chi connectivity index (χ2v) is 8.03. The van der Waals surface area contributed by atoms with Crippen LogP contribution in [0.2, 0.25) is 0 Å². The molecule has 0 radical (unpaired) electrons. The van der Waals surface area contributed by atoms with Crippen molar-refractivity contribution in [3.05, 3.63) is 0 Å². The van der Waals surface area contributed by atoms with Crippen LogP contribution < -0.4 is 21.7 Å². The molecule has 1 aliphatic heterocycles. The number of carbonyl (C=O) groups is 5. The number of carbonyl (C=O) groups excluding carboxylic acids is 4. The highest BCUT2D eigenvalue weighted by molar-refractivity contribution is 5.95. The number of nitrogens with one attached hydrogen (secondary N) is 3. The minimum Gasteiger partial charge on any atom is -0.480 e. The molecule has 1 aliphatic rings. The summed E-state index contributed by atoms with van der Waals surface area (Å²) in [7, 11) is 0. The topological polar surface area (TPSA) is 232 Å². The molecule has 33 heavy (non-hydrogen) atoms. The lowest BCUT2D eigenvalue weighted by Crippen LogP contribution is -2.60. The highest BCUT2D eigenvalue weighted by atomic mass is 16.4. The molecular weight excluding hydrogens is 442 g/mol. The number of aliphatic hydroxyl groups excluding tert-OH is 3. The molecule has 0 aromatic rings. The predicted molar refractivity (Wildman–Crippen MR) is 112 cm³/mol. The molecule has 4 amide bonds. The maximum atomic E-state index is 12.6. The predicted octanol–water partition coefficient (Wildman–Crippen LogP) is -4.52. The number of aliphatic carboxylic acids is 1. The molecule has 9 N–H and O–H groups in total. The molecule has 0 bridgehead atoms. The summed E-state index contributed by atoms with van der Waals surface area (Å²) in [5.41, 5.74) is 5.43. The molecule has 1 heterocycles. The number of aliphatic hydroxyl groups is 3. The maximum absolute atomic E-state index is 12.6. The average Bonchev–Trinajstić information content (AvgIpc) is 3.27. The fourth-order valence-corrected chi connectivity index (χ4v) is 3.28. The molecule has 0 unspecified atom stereocenters. The molecule has 0 saturated carbocycles. The Kier molecular flexibility index (Phi) is 11.1. The summed E-state index contributed by atoms with van der Waals surface area (Å²) in [5, 5.41) is 44.2. The van der Waals surface area contributed by atoms with Gasteiger partial charge in [0.1, 0.15) is 30.2 Å². The van der Waals surface area contributed by atoms with E-state index >= 15 is 0 Å². The number of amides is 4. The van der Waals surface area contributed by atoms with Gasteiger partial charge in [-0.3, -0.25) is 19.2 Å². The van der Waals surface area contributed by atoms with Crippen LogP contribution >= 0.6 is 0 Å². The van der Waals surface area contributed by atoms with Crippen molar-refractivity contribution in [1.82, 2.24) is 20.9 Å². The van der Waals surface area contributed by atoms with Gasteiger partial charge in [0.15, 0.2) is 0 Å². The van der Waals surface area contributed by atoms with E-state index in [0.717, 1.165) is 4.90 Å². The number of likely N-dealkylation sites (tertiary alicyclic amines) is 1.